The van der Waals surface area contributed by atoms with Crippen molar-refractivity contribution in [1.29, 1.82) is 10.5 Å². The summed E-state index contributed by atoms with van der Waals surface area (Å²) >= 11 is 1.61. The Morgan fingerprint density at radius 1 is 1.15 bits per heavy atom. The quantitative estimate of drug-likeness (QED) is 0.380. The number of aromatic amines is 1. The third kappa shape index (κ3) is 4.52. The molecule has 3 aromatic heterocycles. The summed E-state index contributed by atoms with van der Waals surface area (Å²) < 4.78 is 0. The summed E-state index contributed by atoms with van der Waals surface area (Å²) in [6.07, 6.45) is 1.67. The van der Waals surface area contributed by atoms with Crippen molar-refractivity contribution in [2.24, 2.45) is 0 Å². The largest absolute Gasteiger partial charge is 0.369 e. The summed E-state index contributed by atoms with van der Waals surface area (Å²) in [5.74, 6) is 0.494. The molecule has 0 spiro atoms. The fraction of sp³-hybridized carbons (Fsp3) is 0.217. The number of aromatic nitrogens is 4. The molecule has 0 radical (unpaired) electrons. The zero-order chi connectivity index (χ0) is 23.4. The van der Waals surface area contributed by atoms with Crippen LogP contribution in [0.4, 0.5) is 11.6 Å². The molecule has 0 aliphatic rings. The van der Waals surface area contributed by atoms with Gasteiger partial charge in [-0.3, -0.25) is 9.89 Å². The molecule has 1 amide bonds. The van der Waals surface area contributed by atoms with E-state index in [-0.39, 0.29) is 30.1 Å². The van der Waals surface area contributed by atoms with E-state index in [4.69, 9.17) is 5.26 Å². The molecule has 0 saturated heterocycles. The first-order valence-corrected chi connectivity index (χ1v) is 11.0. The number of fused-ring (bicyclic) bond motifs is 1. The average molecular weight is 457 g/mol. The third-order valence-corrected chi connectivity index (χ3v) is 6.13. The van der Waals surface area contributed by atoms with Crippen LogP contribution in [-0.4, -0.2) is 32.6 Å². The van der Waals surface area contributed by atoms with Crippen LogP contribution in [-0.2, 0) is 11.2 Å². The fourth-order valence-electron chi connectivity index (χ4n) is 3.53. The first-order chi connectivity index (χ1) is 16.0. The summed E-state index contributed by atoms with van der Waals surface area (Å²) in [6.45, 7) is 4.45. The van der Waals surface area contributed by atoms with E-state index in [1.54, 1.807) is 11.3 Å². The van der Waals surface area contributed by atoms with Crippen LogP contribution in [0, 0.1) is 36.5 Å². The van der Waals surface area contributed by atoms with Crippen molar-refractivity contribution < 1.29 is 4.79 Å². The summed E-state index contributed by atoms with van der Waals surface area (Å²) in [6, 6.07) is 12.3. The molecule has 4 aromatic rings. The predicted octanol–water partition coefficient (Wildman–Crippen LogP) is 4.08. The van der Waals surface area contributed by atoms with E-state index in [1.807, 2.05) is 12.1 Å². The van der Waals surface area contributed by atoms with E-state index in [2.05, 4.69) is 68.9 Å². The molecule has 0 saturated carbocycles. The monoisotopic (exact) mass is 456 g/mol. The van der Waals surface area contributed by atoms with Gasteiger partial charge in [0, 0.05) is 23.4 Å². The molecule has 0 aliphatic heterocycles. The maximum atomic E-state index is 12.4. The molecular formula is C23H20N8OS. The Hall–Kier alpha value is -4.28. The molecule has 0 aliphatic carbocycles. The molecule has 3 N–H and O–H groups in total. The van der Waals surface area contributed by atoms with Gasteiger partial charge in [-0.1, -0.05) is 29.8 Å². The molecule has 3 heterocycles. The van der Waals surface area contributed by atoms with Crippen molar-refractivity contribution in [3.05, 3.63) is 52.3 Å². The summed E-state index contributed by atoms with van der Waals surface area (Å²) in [4.78, 5) is 23.3. The Morgan fingerprint density at radius 2 is 1.94 bits per heavy atom. The van der Waals surface area contributed by atoms with Crippen LogP contribution in [0.5, 0.6) is 0 Å². The zero-order valence-corrected chi connectivity index (χ0v) is 18.9. The van der Waals surface area contributed by atoms with Crippen molar-refractivity contribution in [1.82, 2.24) is 20.2 Å². The van der Waals surface area contributed by atoms with Gasteiger partial charge in [-0.05, 0) is 19.4 Å². The van der Waals surface area contributed by atoms with E-state index < -0.39 is 0 Å². The standard InChI is InChI=1S/C23H20N8OS/c1-13-3-5-15(6-4-13)19-14(2)33-23-20(19)22(27-12-28-23)26-10-8-18(32)29-21-16(11-25)17(7-9-24)30-31-21/h3-6,12H,7-8,10H2,1-2H3,(H,26,27,28)(H2,29,30,31,32). The Morgan fingerprint density at radius 3 is 2.67 bits per heavy atom. The number of amides is 1. The molecule has 9 nitrogen and oxygen atoms in total. The Balaban J connectivity index is 1.49. The lowest BCUT2D eigenvalue weighted by molar-refractivity contribution is -0.116. The normalized spacial score (nSPS) is 10.5. The van der Waals surface area contributed by atoms with E-state index in [9.17, 15) is 10.1 Å². The van der Waals surface area contributed by atoms with Crippen LogP contribution >= 0.6 is 11.3 Å². The van der Waals surface area contributed by atoms with E-state index in [1.165, 1.54) is 11.9 Å². The number of nitriles is 2. The molecule has 4 rings (SSSR count). The second-order valence-corrected chi connectivity index (χ2v) is 8.60. The van der Waals surface area contributed by atoms with Crippen LogP contribution in [0.25, 0.3) is 21.3 Å². The number of aryl methyl sites for hydroxylation is 2. The number of nitrogens with zero attached hydrogens (tertiary/aromatic N) is 5. The molecule has 33 heavy (non-hydrogen) atoms. The SMILES string of the molecule is Cc1ccc(-c2c(C)sc3ncnc(NCCC(=O)Nc4n[nH]c(CC#N)c4C#N)c23)cc1. The number of hydrogen-bond donors (Lipinski definition) is 3. The highest BCUT2D eigenvalue weighted by atomic mass is 32.1. The second-order valence-electron chi connectivity index (χ2n) is 7.40. The van der Waals surface area contributed by atoms with Gasteiger partial charge >= 0.3 is 0 Å². The topological polar surface area (TPSA) is 143 Å². The molecule has 10 heteroatoms. The van der Waals surface area contributed by atoms with E-state index >= 15 is 0 Å². The van der Waals surface area contributed by atoms with Gasteiger partial charge in [0.05, 0.1) is 23.6 Å². The molecule has 0 atom stereocenters. The third-order valence-electron chi connectivity index (χ3n) is 5.12. The van der Waals surface area contributed by atoms with E-state index in [0.29, 0.717) is 18.1 Å². The van der Waals surface area contributed by atoms with Gasteiger partial charge in [0.15, 0.2) is 5.82 Å². The smallest absolute Gasteiger partial charge is 0.227 e. The zero-order valence-electron chi connectivity index (χ0n) is 18.1. The van der Waals surface area contributed by atoms with Gasteiger partial charge in [0.25, 0.3) is 0 Å². The molecule has 0 unspecified atom stereocenters. The van der Waals surface area contributed by atoms with Gasteiger partial charge in [0.2, 0.25) is 5.91 Å². The lowest BCUT2D eigenvalue weighted by Crippen LogP contribution is -2.17. The summed E-state index contributed by atoms with van der Waals surface area (Å²) in [5, 5.41) is 31.5. The minimum absolute atomic E-state index is 0.0143. The Kier molecular flexibility index (Phi) is 6.29. The van der Waals surface area contributed by atoms with Crippen molar-refractivity contribution in [3.8, 4) is 23.3 Å². The van der Waals surface area contributed by atoms with Crippen molar-refractivity contribution >= 4 is 39.1 Å². The maximum Gasteiger partial charge on any atom is 0.227 e. The first-order valence-electron chi connectivity index (χ1n) is 10.2. The molecule has 1 aromatic carbocycles. The van der Waals surface area contributed by atoms with Crippen LogP contribution in [0.15, 0.2) is 30.6 Å². The van der Waals surface area contributed by atoms with E-state index in [0.717, 1.165) is 26.2 Å². The molecule has 0 fully saturated rings. The van der Waals surface area contributed by atoms with Gasteiger partial charge < -0.3 is 10.6 Å². The fourth-order valence-corrected chi connectivity index (χ4v) is 4.54. The average Bonchev–Trinajstić information content (AvgIpc) is 3.34. The number of H-pyrrole nitrogens is 1. The van der Waals surface area contributed by atoms with Crippen LogP contribution in [0.3, 0.4) is 0 Å². The second kappa shape index (κ2) is 9.47. The number of carbonyl (C=O) groups is 1. The highest BCUT2D eigenvalue weighted by Crippen LogP contribution is 2.40. The van der Waals surface area contributed by atoms with Crippen LogP contribution in [0.1, 0.15) is 28.1 Å². The highest BCUT2D eigenvalue weighted by Gasteiger charge is 2.18. The van der Waals surface area contributed by atoms with Crippen molar-refractivity contribution in [2.45, 2.75) is 26.7 Å². The molecule has 164 valence electrons. The minimum Gasteiger partial charge on any atom is -0.369 e. The number of thiophene rings is 1. The number of benzene rings is 1. The number of hydrogen-bond acceptors (Lipinski definition) is 8. The van der Waals surface area contributed by atoms with Gasteiger partial charge in [0.1, 0.15) is 28.6 Å². The number of carbonyl (C=O) groups excluding carboxylic acids is 1. The summed E-state index contributed by atoms with van der Waals surface area (Å²) in [5.41, 5.74) is 3.92. The van der Waals surface area contributed by atoms with Gasteiger partial charge in [-0.15, -0.1) is 11.3 Å². The molecule has 0 bridgehead atoms. The van der Waals surface area contributed by atoms with Crippen LogP contribution < -0.4 is 10.6 Å². The highest BCUT2D eigenvalue weighted by molar-refractivity contribution is 7.19. The predicted molar refractivity (Wildman–Crippen MR) is 127 cm³/mol. The maximum absolute atomic E-state index is 12.4. The number of nitrogens with one attached hydrogen (secondary N) is 3. The van der Waals surface area contributed by atoms with Crippen molar-refractivity contribution in [2.75, 3.05) is 17.2 Å². The van der Waals surface area contributed by atoms with Gasteiger partial charge in [-0.25, -0.2) is 9.97 Å². The minimum atomic E-state index is -0.306. The Labute approximate surface area is 194 Å². The molecular weight excluding hydrogens is 436 g/mol. The lowest BCUT2D eigenvalue weighted by Gasteiger charge is -2.09. The Bertz CT molecular complexity index is 1410. The van der Waals surface area contributed by atoms with Crippen LogP contribution in [0.2, 0.25) is 0 Å². The summed E-state index contributed by atoms with van der Waals surface area (Å²) in [7, 11) is 0. The van der Waals surface area contributed by atoms with Gasteiger partial charge in [-0.2, -0.15) is 15.6 Å². The first kappa shape index (κ1) is 21.9. The van der Waals surface area contributed by atoms with Crippen molar-refractivity contribution in [3.63, 3.8) is 0 Å². The number of rotatable bonds is 7. The number of anilines is 2. The lowest BCUT2D eigenvalue weighted by atomic mass is 10.0.